The van der Waals surface area contributed by atoms with E-state index in [0.29, 0.717) is 16.7 Å². The monoisotopic (exact) mass is 254 g/mol. The van der Waals surface area contributed by atoms with Crippen molar-refractivity contribution in [3.63, 3.8) is 0 Å². The Labute approximate surface area is 108 Å². The van der Waals surface area contributed by atoms with Crippen molar-refractivity contribution in [2.45, 2.75) is 0 Å². The molecule has 94 valence electrons. The van der Waals surface area contributed by atoms with Gasteiger partial charge in [-0.15, -0.1) is 0 Å². The first kappa shape index (κ1) is 11.3. The van der Waals surface area contributed by atoms with Crippen LogP contribution in [0.5, 0.6) is 0 Å². The van der Waals surface area contributed by atoms with Gasteiger partial charge in [0.05, 0.1) is 6.26 Å². The van der Waals surface area contributed by atoms with E-state index in [2.05, 4.69) is 4.98 Å². The second-order valence-corrected chi connectivity index (χ2v) is 4.07. The lowest BCUT2D eigenvalue weighted by molar-refractivity contribution is 0.0698. The van der Waals surface area contributed by atoms with Gasteiger partial charge in [0.1, 0.15) is 17.0 Å². The molecular formula is C14H10N2O3. The van der Waals surface area contributed by atoms with Crippen LogP contribution in [0.1, 0.15) is 10.4 Å². The SMILES string of the molecule is Nc1nccc(-c2coc3ccccc23)c1C(=O)O. The fraction of sp³-hybridized carbons (Fsp3) is 0. The van der Waals surface area contributed by atoms with E-state index >= 15 is 0 Å². The van der Waals surface area contributed by atoms with Gasteiger partial charge in [0.2, 0.25) is 0 Å². The highest BCUT2D eigenvalue weighted by atomic mass is 16.4. The van der Waals surface area contributed by atoms with E-state index in [-0.39, 0.29) is 11.4 Å². The molecule has 5 heteroatoms. The topological polar surface area (TPSA) is 89.4 Å². The van der Waals surface area contributed by atoms with Gasteiger partial charge in [-0.1, -0.05) is 18.2 Å². The minimum absolute atomic E-state index is 0.00437. The van der Waals surface area contributed by atoms with E-state index in [1.165, 1.54) is 12.5 Å². The number of para-hydroxylation sites is 1. The molecule has 0 aliphatic carbocycles. The van der Waals surface area contributed by atoms with Gasteiger partial charge >= 0.3 is 5.97 Å². The highest BCUT2D eigenvalue weighted by molar-refractivity contribution is 6.05. The Morgan fingerprint density at radius 2 is 2.00 bits per heavy atom. The maximum atomic E-state index is 11.3. The van der Waals surface area contributed by atoms with Gasteiger partial charge in [0, 0.05) is 22.7 Å². The molecular weight excluding hydrogens is 244 g/mol. The van der Waals surface area contributed by atoms with Crippen LogP contribution in [0.15, 0.2) is 47.2 Å². The molecule has 3 N–H and O–H groups in total. The number of anilines is 1. The highest BCUT2D eigenvalue weighted by Gasteiger charge is 2.19. The Balaban J connectivity index is 2.33. The van der Waals surface area contributed by atoms with Crippen LogP contribution in [-0.2, 0) is 0 Å². The lowest BCUT2D eigenvalue weighted by Crippen LogP contribution is -2.06. The summed E-state index contributed by atoms with van der Waals surface area (Å²) in [5, 5.41) is 10.1. The van der Waals surface area contributed by atoms with Gasteiger partial charge in [0.15, 0.2) is 0 Å². The first-order valence-electron chi connectivity index (χ1n) is 5.63. The Bertz CT molecular complexity index is 777. The van der Waals surface area contributed by atoms with Crippen molar-refractivity contribution in [3.8, 4) is 11.1 Å². The molecule has 0 fully saturated rings. The van der Waals surface area contributed by atoms with Crippen LogP contribution in [0.25, 0.3) is 22.1 Å². The van der Waals surface area contributed by atoms with Crippen LogP contribution in [-0.4, -0.2) is 16.1 Å². The number of aromatic nitrogens is 1. The number of nitrogens with zero attached hydrogens (tertiary/aromatic N) is 1. The Morgan fingerprint density at radius 1 is 1.21 bits per heavy atom. The zero-order chi connectivity index (χ0) is 13.4. The molecule has 0 aliphatic heterocycles. The maximum Gasteiger partial charge on any atom is 0.340 e. The van der Waals surface area contributed by atoms with Gasteiger partial charge in [-0.3, -0.25) is 0 Å². The largest absolute Gasteiger partial charge is 0.478 e. The molecule has 2 heterocycles. The third-order valence-electron chi connectivity index (χ3n) is 2.97. The average Bonchev–Trinajstić information content (AvgIpc) is 2.81. The van der Waals surface area contributed by atoms with E-state index < -0.39 is 5.97 Å². The molecule has 0 unspecified atom stereocenters. The first-order valence-corrected chi connectivity index (χ1v) is 5.63. The number of hydrogen-bond acceptors (Lipinski definition) is 4. The molecule has 0 amide bonds. The van der Waals surface area contributed by atoms with Crippen LogP contribution >= 0.6 is 0 Å². The second kappa shape index (κ2) is 4.13. The molecule has 1 aromatic carbocycles. The fourth-order valence-electron chi connectivity index (χ4n) is 2.11. The summed E-state index contributed by atoms with van der Waals surface area (Å²) < 4.78 is 5.42. The van der Waals surface area contributed by atoms with E-state index in [4.69, 9.17) is 10.2 Å². The highest BCUT2D eigenvalue weighted by Crippen LogP contribution is 2.33. The van der Waals surface area contributed by atoms with Gasteiger partial charge in [-0.2, -0.15) is 0 Å². The number of rotatable bonds is 2. The molecule has 3 aromatic rings. The van der Waals surface area contributed by atoms with E-state index in [1.54, 1.807) is 6.07 Å². The van der Waals surface area contributed by atoms with Crippen LogP contribution in [0, 0.1) is 0 Å². The van der Waals surface area contributed by atoms with Crippen molar-refractivity contribution in [3.05, 3.63) is 48.4 Å². The van der Waals surface area contributed by atoms with Gasteiger partial charge in [0.25, 0.3) is 0 Å². The molecule has 3 rings (SSSR count). The van der Waals surface area contributed by atoms with E-state index in [0.717, 1.165) is 5.39 Å². The first-order chi connectivity index (χ1) is 9.18. The van der Waals surface area contributed by atoms with Crippen molar-refractivity contribution >= 4 is 22.8 Å². The lowest BCUT2D eigenvalue weighted by atomic mass is 10.0. The molecule has 0 saturated heterocycles. The van der Waals surface area contributed by atoms with E-state index in [1.807, 2.05) is 24.3 Å². The number of hydrogen-bond donors (Lipinski definition) is 2. The van der Waals surface area contributed by atoms with Gasteiger partial charge < -0.3 is 15.3 Å². The summed E-state index contributed by atoms with van der Waals surface area (Å²) in [4.78, 5) is 15.1. The van der Waals surface area contributed by atoms with Crippen molar-refractivity contribution < 1.29 is 14.3 Å². The van der Waals surface area contributed by atoms with Crippen LogP contribution in [0.2, 0.25) is 0 Å². The van der Waals surface area contributed by atoms with Crippen molar-refractivity contribution in [2.75, 3.05) is 5.73 Å². The van der Waals surface area contributed by atoms with Crippen molar-refractivity contribution in [2.24, 2.45) is 0 Å². The number of nitrogen functional groups attached to an aromatic ring is 1. The molecule has 0 bridgehead atoms. The third kappa shape index (κ3) is 1.72. The summed E-state index contributed by atoms with van der Waals surface area (Å²) in [5.41, 5.74) is 7.54. The number of carboxylic acids is 1. The van der Waals surface area contributed by atoms with Crippen molar-refractivity contribution in [1.82, 2.24) is 4.98 Å². The number of benzene rings is 1. The quantitative estimate of drug-likeness (QED) is 0.733. The zero-order valence-corrected chi connectivity index (χ0v) is 9.83. The summed E-state index contributed by atoms with van der Waals surface area (Å²) in [6.07, 6.45) is 3.02. The summed E-state index contributed by atoms with van der Waals surface area (Å²) in [5.74, 6) is -1.11. The minimum Gasteiger partial charge on any atom is -0.478 e. The fourth-order valence-corrected chi connectivity index (χ4v) is 2.11. The van der Waals surface area contributed by atoms with Gasteiger partial charge in [-0.05, 0) is 12.1 Å². The number of nitrogens with two attached hydrogens (primary N) is 1. The zero-order valence-electron chi connectivity index (χ0n) is 9.83. The molecule has 0 aliphatic rings. The Morgan fingerprint density at radius 3 is 2.79 bits per heavy atom. The second-order valence-electron chi connectivity index (χ2n) is 4.07. The summed E-state index contributed by atoms with van der Waals surface area (Å²) in [6, 6.07) is 9.04. The lowest BCUT2D eigenvalue weighted by Gasteiger charge is -2.06. The smallest absolute Gasteiger partial charge is 0.340 e. The maximum absolute atomic E-state index is 11.3. The summed E-state index contributed by atoms with van der Waals surface area (Å²) in [6.45, 7) is 0. The number of carboxylic acid groups (broad SMARTS) is 1. The van der Waals surface area contributed by atoms with Crippen LogP contribution in [0.3, 0.4) is 0 Å². The summed E-state index contributed by atoms with van der Waals surface area (Å²) >= 11 is 0. The van der Waals surface area contributed by atoms with Crippen LogP contribution < -0.4 is 5.73 Å². The molecule has 2 aromatic heterocycles. The molecule has 0 radical (unpaired) electrons. The molecule has 0 spiro atoms. The van der Waals surface area contributed by atoms with Crippen molar-refractivity contribution in [1.29, 1.82) is 0 Å². The summed E-state index contributed by atoms with van der Waals surface area (Å²) in [7, 11) is 0. The predicted molar refractivity (Wildman–Crippen MR) is 70.8 cm³/mol. The van der Waals surface area contributed by atoms with Crippen LogP contribution in [0.4, 0.5) is 5.82 Å². The van der Waals surface area contributed by atoms with E-state index in [9.17, 15) is 9.90 Å². The number of fused-ring (bicyclic) bond motifs is 1. The predicted octanol–water partition coefficient (Wildman–Crippen LogP) is 2.78. The molecule has 5 nitrogen and oxygen atoms in total. The number of aromatic carboxylic acids is 1. The Kier molecular flexibility index (Phi) is 2.45. The number of pyridine rings is 1. The molecule has 19 heavy (non-hydrogen) atoms. The minimum atomic E-state index is -1.11. The molecule has 0 saturated carbocycles. The van der Waals surface area contributed by atoms with Gasteiger partial charge in [-0.25, -0.2) is 9.78 Å². The Hall–Kier alpha value is -2.82. The number of furan rings is 1. The third-order valence-corrected chi connectivity index (χ3v) is 2.97. The average molecular weight is 254 g/mol. The number of carbonyl (C=O) groups is 1. The standard InChI is InChI=1S/C14H10N2O3/c15-13-12(14(17)18)9(5-6-16-13)10-7-19-11-4-2-1-3-8(10)11/h1-7H,(H2,15,16)(H,17,18). The molecule has 0 atom stereocenters. The normalized spacial score (nSPS) is 10.7.